The van der Waals surface area contributed by atoms with E-state index in [2.05, 4.69) is 33.4 Å². The molecule has 0 N–H and O–H groups in total. The summed E-state index contributed by atoms with van der Waals surface area (Å²) in [7, 11) is 0. The maximum absolute atomic E-state index is 5.92. The molecular formula is C14H15ClN4S. The number of fused-ring (bicyclic) bond motifs is 1. The molecule has 3 aromatic heterocycles. The Morgan fingerprint density at radius 1 is 1.30 bits per heavy atom. The Balaban J connectivity index is 2.25. The van der Waals surface area contributed by atoms with Crippen molar-refractivity contribution in [3.05, 3.63) is 40.7 Å². The Morgan fingerprint density at radius 2 is 2.15 bits per heavy atom. The van der Waals surface area contributed by atoms with Crippen LogP contribution in [0.15, 0.2) is 29.9 Å². The second-order valence-electron chi connectivity index (χ2n) is 5.04. The molecule has 3 rings (SSSR count). The predicted molar refractivity (Wildman–Crippen MR) is 82.5 cm³/mol. The molecule has 6 heteroatoms. The predicted octanol–water partition coefficient (Wildman–Crippen LogP) is 3.45. The van der Waals surface area contributed by atoms with Gasteiger partial charge in [0.05, 0.1) is 5.54 Å². The molecule has 0 bridgehead atoms. The van der Waals surface area contributed by atoms with E-state index in [1.807, 2.05) is 23.7 Å². The zero-order chi connectivity index (χ0) is 14.2. The minimum absolute atomic E-state index is 0.293. The van der Waals surface area contributed by atoms with Crippen LogP contribution < -0.4 is 0 Å². The third-order valence-electron chi connectivity index (χ3n) is 3.32. The van der Waals surface area contributed by atoms with E-state index in [0.29, 0.717) is 12.3 Å². The summed E-state index contributed by atoms with van der Waals surface area (Å²) in [6, 6.07) is 3.88. The number of halogens is 1. The topological polar surface area (TPSA) is 43.6 Å². The second kappa shape index (κ2) is 5.14. The van der Waals surface area contributed by atoms with E-state index in [0.717, 1.165) is 22.0 Å². The van der Waals surface area contributed by atoms with Crippen LogP contribution in [0.5, 0.6) is 0 Å². The van der Waals surface area contributed by atoms with Crippen molar-refractivity contribution in [2.24, 2.45) is 0 Å². The zero-order valence-electron chi connectivity index (χ0n) is 11.4. The molecule has 20 heavy (non-hydrogen) atoms. The number of nitrogens with zero attached hydrogens (tertiary/aromatic N) is 4. The number of rotatable bonds is 4. The molecule has 0 saturated carbocycles. The number of alkyl halides is 1. The molecule has 0 aliphatic heterocycles. The van der Waals surface area contributed by atoms with Crippen molar-refractivity contribution in [2.75, 3.05) is 5.88 Å². The summed E-state index contributed by atoms with van der Waals surface area (Å²) in [5, 5.41) is 3.03. The molecular weight excluding hydrogens is 292 g/mol. The standard InChI is InChI=1S/C14H15ClN4S/c1-14(2,13-17-8-9-20-13)19-11(5-6-15)18-10-4-3-7-16-12(10)19/h3-4,7-9H,5-6H2,1-2H3. The molecule has 3 heterocycles. The fourth-order valence-electron chi connectivity index (χ4n) is 2.42. The lowest BCUT2D eigenvalue weighted by Crippen LogP contribution is -2.29. The van der Waals surface area contributed by atoms with Gasteiger partial charge in [0, 0.05) is 30.1 Å². The SMILES string of the molecule is CC(C)(c1nccs1)n1c(CCCl)nc2cccnc21. The quantitative estimate of drug-likeness (QED) is 0.693. The normalized spacial score (nSPS) is 12.2. The molecule has 104 valence electrons. The Labute approximate surface area is 126 Å². The highest BCUT2D eigenvalue weighted by atomic mass is 35.5. The lowest BCUT2D eigenvalue weighted by atomic mass is 10.1. The van der Waals surface area contributed by atoms with Gasteiger partial charge < -0.3 is 4.57 Å². The molecule has 0 aliphatic carbocycles. The number of aryl methyl sites for hydroxylation is 1. The molecule has 0 saturated heterocycles. The van der Waals surface area contributed by atoms with Crippen LogP contribution in [-0.2, 0) is 12.0 Å². The van der Waals surface area contributed by atoms with Crippen molar-refractivity contribution in [2.45, 2.75) is 25.8 Å². The number of aromatic nitrogens is 4. The van der Waals surface area contributed by atoms with Gasteiger partial charge in [-0.3, -0.25) is 0 Å². The van der Waals surface area contributed by atoms with Crippen LogP contribution in [0.2, 0.25) is 0 Å². The van der Waals surface area contributed by atoms with Crippen molar-refractivity contribution < 1.29 is 0 Å². The van der Waals surface area contributed by atoms with Crippen LogP contribution >= 0.6 is 22.9 Å². The van der Waals surface area contributed by atoms with Gasteiger partial charge in [-0.15, -0.1) is 22.9 Å². The van der Waals surface area contributed by atoms with Gasteiger partial charge in [0.1, 0.15) is 16.3 Å². The van der Waals surface area contributed by atoms with E-state index < -0.39 is 0 Å². The number of thiazole rings is 1. The van der Waals surface area contributed by atoms with Gasteiger partial charge in [0.25, 0.3) is 0 Å². The van der Waals surface area contributed by atoms with E-state index in [1.165, 1.54) is 0 Å². The maximum Gasteiger partial charge on any atom is 0.160 e. The van der Waals surface area contributed by atoms with Crippen LogP contribution in [0.1, 0.15) is 24.7 Å². The molecule has 0 atom stereocenters. The van der Waals surface area contributed by atoms with Gasteiger partial charge in [-0.25, -0.2) is 15.0 Å². The first-order valence-electron chi connectivity index (χ1n) is 6.43. The molecule has 3 aromatic rings. The van der Waals surface area contributed by atoms with Gasteiger partial charge in [-0.2, -0.15) is 0 Å². The largest absolute Gasteiger partial charge is 0.300 e. The van der Waals surface area contributed by atoms with Gasteiger partial charge >= 0.3 is 0 Å². The average molecular weight is 307 g/mol. The van der Waals surface area contributed by atoms with Crippen LogP contribution in [-0.4, -0.2) is 25.4 Å². The Bertz CT molecular complexity index is 718. The monoisotopic (exact) mass is 306 g/mol. The fraction of sp³-hybridized carbons (Fsp3) is 0.357. The van der Waals surface area contributed by atoms with Gasteiger partial charge in [0.2, 0.25) is 0 Å². The molecule has 0 unspecified atom stereocenters. The molecule has 0 aromatic carbocycles. The van der Waals surface area contributed by atoms with Crippen LogP contribution in [0.3, 0.4) is 0 Å². The first-order valence-corrected chi connectivity index (χ1v) is 7.85. The first kappa shape index (κ1) is 13.5. The average Bonchev–Trinajstić information content (AvgIpc) is 3.06. The van der Waals surface area contributed by atoms with Crippen molar-refractivity contribution in [1.29, 1.82) is 0 Å². The summed E-state index contributed by atoms with van der Waals surface area (Å²) in [5.74, 6) is 1.49. The van der Waals surface area contributed by atoms with Gasteiger partial charge in [-0.1, -0.05) is 0 Å². The lowest BCUT2D eigenvalue weighted by Gasteiger charge is -2.26. The maximum atomic E-state index is 5.92. The molecule has 0 fully saturated rings. The molecule has 0 amide bonds. The summed E-state index contributed by atoms with van der Waals surface area (Å²) in [4.78, 5) is 13.6. The molecule has 0 radical (unpaired) electrons. The van der Waals surface area contributed by atoms with Crippen molar-refractivity contribution >= 4 is 34.1 Å². The lowest BCUT2D eigenvalue weighted by molar-refractivity contribution is 0.429. The second-order valence-corrected chi connectivity index (χ2v) is 6.32. The molecule has 4 nitrogen and oxygen atoms in total. The highest BCUT2D eigenvalue weighted by molar-refractivity contribution is 7.09. The van der Waals surface area contributed by atoms with E-state index in [1.54, 1.807) is 17.5 Å². The third-order valence-corrected chi connectivity index (χ3v) is 4.59. The number of hydrogen-bond donors (Lipinski definition) is 0. The van der Waals surface area contributed by atoms with Crippen LogP contribution in [0.4, 0.5) is 0 Å². The number of hydrogen-bond acceptors (Lipinski definition) is 4. The third kappa shape index (κ3) is 2.11. The van der Waals surface area contributed by atoms with E-state index >= 15 is 0 Å². The van der Waals surface area contributed by atoms with E-state index in [4.69, 9.17) is 11.6 Å². The zero-order valence-corrected chi connectivity index (χ0v) is 12.9. The Hall–Kier alpha value is -1.46. The number of imidazole rings is 1. The molecule has 0 aliphatic rings. The van der Waals surface area contributed by atoms with Gasteiger partial charge in [0.15, 0.2) is 5.65 Å². The minimum atomic E-state index is -0.293. The minimum Gasteiger partial charge on any atom is -0.300 e. The Kier molecular flexibility index (Phi) is 3.48. The van der Waals surface area contributed by atoms with Crippen LogP contribution in [0, 0.1) is 0 Å². The van der Waals surface area contributed by atoms with Crippen LogP contribution in [0.25, 0.3) is 11.2 Å². The van der Waals surface area contributed by atoms with Crippen molar-refractivity contribution in [3.63, 3.8) is 0 Å². The van der Waals surface area contributed by atoms with Gasteiger partial charge in [-0.05, 0) is 26.0 Å². The first-order chi connectivity index (χ1) is 9.64. The van der Waals surface area contributed by atoms with E-state index in [-0.39, 0.29) is 5.54 Å². The smallest absolute Gasteiger partial charge is 0.160 e. The van der Waals surface area contributed by atoms with Crippen molar-refractivity contribution in [3.8, 4) is 0 Å². The summed E-state index contributed by atoms with van der Waals surface area (Å²) < 4.78 is 2.16. The summed E-state index contributed by atoms with van der Waals surface area (Å²) in [6.07, 6.45) is 4.34. The summed E-state index contributed by atoms with van der Waals surface area (Å²) in [6.45, 7) is 4.28. The highest BCUT2D eigenvalue weighted by Crippen LogP contribution is 2.31. The fourth-order valence-corrected chi connectivity index (χ4v) is 3.34. The number of pyridine rings is 1. The highest BCUT2D eigenvalue weighted by Gasteiger charge is 2.30. The van der Waals surface area contributed by atoms with Crippen molar-refractivity contribution in [1.82, 2.24) is 19.5 Å². The summed E-state index contributed by atoms with van der Waals surface area (Å²) in [5.41, 5.74) is 1.49. The van der Waals surface area contributed by atoms with E-state index in [9.17, 15) is 0 Å². The molecule has 0 spiro atoms. The Morgan fingerprint density at radius 3 is 2.85 bits per heavy atom. The summed E-state index contributed by atoms with van der Waals surface area (Å²) >= 11 is 7.57.